The van der Waals surface area contributed by atoms with Gasteiger partial charge in [0.1, 0.15) is 0 Å². The zero-order valence-corrected chi connectivity index (χ0v) is 8.27. The van der Waals surface area contributed by atoms with Crippen LogP contribution in [0.3, 0.4) is 0 Å². The second-order valence-electron chi connectivity index (χ2n) is 3.67. The number of nitrogens with zero attached hydrogens (tertiary/aromatic N) is 2. The number of hydrogen-bond donors (Lipinski definition) is 1. The third-order valence-corrected chi connectivity index (χ3v) is 2.43. The Morgan fingerprint density at radius 2 is 2.14 bits per heavy atom. The smallest absolute Gasteiger partial charge is 0.243 e. The van der Waals surface area contributed by atoms with Crippen LogP contribution in [-0.2, 0) is 4.74 Å². The molecule has 1 fully saturated rings. The summed E-state index contributed by atoms with van der Waals surface area (Å²) in [6, 6.07) is -0.184. The maximum absolute atomic E-state index is 5.64. The van der Waals surface area contributed by atoms with E-state index in [2.05, 4.69) is 10.1 Å². The summed E-state index contributed by atoms with van der Waals surface area (Å²) in [5.41, 5.74) is 5.64. The third-order valence-electron chi connectivity index (χ3n) is 2.43. The minimum absolute atomic E-state index is 0.184. The van der Waals surface area contributed by atoms with Crippen LogP contribution in [0.15, 0.2) is 4.52 Å². The topological polar surface area (TPSA) is 74.2 Å². The maximum atomic E-state index is 5.64. The number of hydrogen-bond acceptors (Lipinski definition) is 5. The van der Waals surface area contributed by atoms with E-state index in [1.807, 2.05) is 6.92 Å². The quantitative estimate of drug-likeness (QED) is 0.765. The van der Waals surface area contributed by atoms with Gasteiger partial charge < -0.3 is 15.0 Å². The Balaban J connectivity index is 2.07. The average Bonchev–Trinajstić information content (AvgIpc) is 2.68. The Morgan fingerprint density at radius 3 is 2.71 bits per heavy atom. The molecule has 1 unspecified atom stereocenters. The zero-order chi connectivity index (χ0) is 9.97. The van der Waals surface area contributed by atoms with Crippen molar-refractivity contribution in [2.75, 3.05) is 13.2 Å². The summed E-state index contributed by atoms with van der Waals surface area (Å²) < 4.78 is 10.3. The molecule has 2 heterocycles. The summed E-state index contributed by atoms with van der Waals surface area (Å²) in [4.78, 5) is 4.28. The molecule has 1 saturated heterocycles. The molecule has 0 aromatic carbocycles. The Hall–Kier alpha value is -0.940. The molecule has 0 bridgehead atoms. The first-order chi connectivity index (χ1) is 6.77. The van der Waals surface area contributed by atoms with E-state index in [-0.39, 0.29) is 6.04 Å². The van der Waals surface area contributed by atoms with Crippen LogP contribution in [0.4, 0.5) is 0 Å². The van der Waals surface area contributed by atoms with Gasteiger partial charge in [0.05, 0.1) is 6.04 Å². The molecule has 1 aromatic heterocycles. The summed E-state index contributed by atoms with van der Waals surface area (Å²) >= 11 is 0. The maximum Gasteiger partial charge on any atom is 0.243 e. The van der Waals surface area contributed by atoms with Crippen molar-refractivity contribution < 1.29 is 9.26 Å². The predicted octanol–water partition coefficient (Wildman–Crippen LogP) is 0.983. The highest BCUT2D eigenvalue weighted by Gasteiger charge is 2.21. The Bertz CT molecular complexity index is 292. The van der Waals surface area contributed by atoms with Crippen LogP contribution in [-0.4, -0.2) is 23.4 Å². The Kier molecular flexibility index (Phi) is 2.79. The number of rotatable bonds is 2. The molecule has 0 radical (unpaired) electrons. The van der Waals surface area contributed by atoms with Gasteiger partial charge in [-0.05, 0) is 19.8 Å². The molecule has 5 nitrogen and oxygen atoms in total. The Labute approximate surface area is 82.6 Å². The molecule has 2 rings (SSSR count). The second-order valence-corrected chi connectivity index (χ2v) is 3.67. The van der Waals surface area contributed by atoms with E-state index in [0.717, 1.165) is 31.9 Å². The minimum atomic E-state index is -0.184. The van der Waals surface area contributed by atoms with E-state index in [0.29, 0.717) is 11.8 Å². The van der Waals surface area contributed by atoms with Gasteiger partial charge in [-0.3, -0.25) is 0 Å². The van der Waals surface area contributed by atoms with E-state index < -0.39 is 0 Å². The first-order valence-electron chi connectivity index (χ1n) is 4.94. The standard InChI is InChI=1S/C9H15N3O2/c1-6(10)9-11-8(12-14-9)7-2-4-13-5-3-7/h6-7H,2-5,10H2,1H3. The molecule has 1 aliphatic rings. The number of aromatic nitrogens is 2. The third kappa shape index (κ3) is 1.93. The molecule has 0 saturated carbocycles. The number of ether oxygens (including phenoxy) is 1. The van der Waals surface area contributed by atoms with Crippen molar-refractivity contribution in [2.24, 2.45) is 5.73 Å². The minimum Gasteiger partial charge on any atom is -0.381 e. The van der Waals surface area contributed by atoms with E-state index in [9.17, 15) is 0 Å². The van der Waals surface area contributed by atoms with Crippen LogP contribution in [0.2, 0.25) is 0 Å². The van der Waals surface area contributed by atoms with Gasteiger partial charge in [-0.2, -0.15) is 4.98 Å². The number of nitrogens with two attached hydrogens (primary N) is 1. The zero-order valence-electron chi connectivity index (χ0n) is 8.27. The van der Waals surface area contributed by atoms with Crippen LogP contribution in [0.5, 0.6) is 0 Å². The normalized spacial score (nSPS) is 21.0. The fourth-order valence-corrected chi connectivity index (χ4v) is 1.55. The van der Waals surface area contributed by atoms with Gasteiger partial charge in [-0.15, -0.1) is 0 Å². The molecular weight excluding hydrogens is 182 g/mol. The molecule has 0 amide bonds. The lowest BCUT2D eigenvalue weighted by atomic mass is 10.00. The lowest BCUT2D eigenvalue weighted by molar-refractivity contribution is 0.0830. The van der Waals surface area contributed by atoms with E-state index in [1.54, 1.807) is 0 Å². The molecule has 2 N–H and O–H groups in total. The van der Waals surface area contributed by atoms with Gasteiger partial charge in [0.15, 0.2) is 5.82 Å². The van der Waals surface area contributed by atoms with Gasteiger partial charge in [0.25, 0.3) is 0 Å². The van der Waals surface area contributed by atoms with Crippen molar-refractivity contribution in [3.63, 3.8) is 0 Å². The predicted molar refractivity (Wildman–Crippen MR) is 49.7 cm³/mol. The van der Waals surface area contributed by atoms with Gasteiger partial charge in [0, 0.05) is 19.1 Å². The Morgan fingerprint density at radius 1 is 1.43 bits per heavy atom. The molecule has 78 valence electrons. The van der Waals surface area contributed by atoms with Crippen LogP contribution in [0.1, 0.15) is 43.4 Å². The van der Waals surface area contributed by atoms with Gasteiger partial charge in [0.2, 0.25) is 5.89 Å². The summed E-state index contributed by atoms with van der Waals surface area (Å²) in [6.07, 6.45) is 1.94. The molecule has 1 atom stereocenters. The van der Waals surface area contributed by atoms with E-state index >= 15 is 0 Å². The van der Waals surface area contributed by atoms with Crippen molar-refractivity contribution in [2.45, 2.75) is 31.7 Å². The molecule has 14 heavy (non-hydrogen) atoms. The monoisotopic (exact) mass is 197 g/mol. The van der Waals surface area contributed by atoms with Gasteiger partial charge >= 0.3 is 0 Å². The van der Waals surface area contributed by atoms with E-state index in [4.69, 9.17) is 15.0 Å². The summed E-state index contributed by atoms with van der Waals surface area (Å²) in [7, 11) is 0. The molecule has 5 heteroatoms. The lowest BCUT2D eigenvalue weighted by Crippen LogP contribution is -2.15. The summed E-state index contributed by atoms with van der Waals surface area (Å²) in [6.45, 7) is 3.40. The SMILES string of the molecule is CC(N)c1nc(C2CCOCC2)no1. The molecule has 1 aromatic rings. The molecule has 1 aliphatic heterocycles. The van der Waals surface area contributed by atoms with E-state index in [1.165, 1.54) is 0 Å². The fraction of sp³-hybridized carbons (Fsp3) is 0.778. The van der Waals surface area contributed by atoms with Crippen molar-refractivity contribution in [1.29, 1.82) is 0 Å². The average molecular weight is 197 g/mol. The first-order valence-corrected chi connectivity index (χ1v) is 4.94. The molecule has 0 spiro atoms. The highest BCUT2D eigenvalue weighted by Crippen LogP contribution is 2.24. The van der Waals surface area contributed by atoms with Crippen LogP contribution in [0, 0.1) is 0 Å². The van der Waals surface area contributed by atoms with Crippen molar-refractivity contribution >= 4 is 0 Å². The largest absolute Gasteiger partial charge is 0.381 e. The highest BCUT2D eigenvalue weighted by molar-refractivity contribution is 4.98. The van der Waals surface area contributed by atoms with Gasteiger partial charge in [-0.25, -0.2) is 0 Å². The highest BCUT2D eigenvalue weighted by atomic mass is 16.5. The summed E-state index contributed by atoms with van der Waals surface area (Å²) in [5.74, 6) is 1.67. The first kappa shape index (κ1) is 9.61. The molecule has 0 aliphatic carbocycles. The van der Waals surface area contributed by atoms with Crippen molar-refractivity contribution in [3.05, 3.63) is 11.7 Å². The lowest BCUT2D eigenvalue weighted by Gasteiger charge is -2.18. The van der Waals surface area contributed by atoms with Crippen LogP contribution in [0.25, 0.3) is 0 Å². The van der Waals surface area contributed by atoms with Crippen molar-refractivity contribution in [3.8, 4) is 0 Å². The summed E-state index contributed by atoms with van der Waals surface area (Å²) in [5, 5.41) is 3.94. The van der Waals surface area contributed by atoms with Crippen LogP contribution >= 0.6 is 0 Å². The van der Waals surface area contributed by atoms with Crippen molar-refractivity contribution in [1.82, 2.24) is 10.1 Å². The second kappa shape index (κ2) is 4.06. The fourth-order valence-electron chi connectivity index (χ4n) is 1.55. The van der Waals surface area contributed by atoms with Crippen LogP contribution < -0.4 is 5.73 Å². The molecular formula is C9H15N3O2. The van der Waals surface area contributed by atoms with Gasteiger partial charge in [-0.1, -0.05) is 5.16 Å².